The van der Waals surface area contributed by atoms with Gasteiger partial charge in [0.25, 0.3) is 13.4 Å². The predicted molar refractivity (Wildman–Crippen MR) is 326 cm³/mol. The number of benzene rings is 12. The van der Waals surface area contributed by atoms with Gasteiger partial charge in [0.2, 0.25) is 0 Å². The van der Waals surface area contributed by atoms with Gasteiger partial charge in [0.15, 0.2) is 0 Å². The minimum Gasteiger partial charge on any atom is -0.458 e. The maximum atomic E-state index is 14.3. The molecule has 10 nitrogen and oxygen atoms in total. The second-order valence-corrected chi connectivity index (χ2v) is 21.8. The third kappa shape index (κ3) is 8.04. The molecule has 0 unspecified atom stereocenters. The summed E-state index contributed by atoms with van der Waals surface area (Å²) in [4.78, 5) is 56.2. The summed E-state index contributed by atoms with van der Waals surface area (Å²) in [5.74, 6) is -0.0498. The molecule has 12 aromatic carbocycles. The third-order valence-electron chi connectivity index (χ3n) is 16.9. The molecule has 0 N–H and O–H groups in total. The van der Waals surface area contributed by atoms with Crippen molar-refractivity contribution in [1.82, 2.24) is 0 Å². The van der Waals surface area contributed by atoms with Gasteiger partial charge < -0.3 is 28.4 Å². The van der Waals surface area contributed by atoms with Gasteiger partial charge in [0.05, 0.1) is 22.3 Å². The number of esters is 4. The summed E-state index contributed by atoms with van der Waals surface area (Å²) in [5, 5.41) is 6.15. The van der Waals surface area contributed by atoms with Gasteiger partial charge in [-0.15, -0.1) is 0 Å². The first kappa shape index (κ1) is 49.1. The van der Waals surface area contributed by atoms with E-state index >= 15 is 0 Å². The fraction of sp³-hybridized carbons (Fsp3) is 0.0556. The summed E-state index contributed by atoms with van der Waals surface area (Å²) in [5.41, 5.74) is 13.9. The molecule has 398 valence electrons. The van der Waals surface area contributed by atoms with Gasteiger partial charge in [0, 0.05) is 0 Å². The molecule has 4 aliphatic rings. The van der Waals surface area contributed by atoms with Crippen LogP contribution in [0.2, 0.25) is 0 Å². The number of hydrogen-bond acceptors (Lipinski definition) is 10. The van der Waals surface area contributed by atoms with Crippen LogP contribution in [0.5, 0.6) is 23.0 Å². The van der Waals surface area contributed by atoms with Crippen molar-refractivity contribution in [3.8, 4) is 45.3 Å². The van der Waals surface area contributed by atoms with E-state index in [0.29, 0.717) is 45.3 Å². The van der Waals surface area contributed by atoms with E-state index in [1.54, 1.807) is 36.4 Å². The Labute approximate surface area is 482 Å². The van der Waals surface area contributed by atoms with E-state index in [1.165, 1.54) is 0 Å². The number of hydrogen-bond donors (Lipinski definition) is 0. The number of fused-ring (bicyclic) bond motifs is 8. The van der Waals surface area contributed by atoms with E-state index in [9.17, 15) is 19.2 Å². The first-order valence-electron chi connectivity index (χ1n) is 27.9. The van der Waals surface area contributed by atoms with Crippen LogP contribution in [0.3, 0.4) is 0 Å². The first-order valence-corrected chi connectivity index (χ1v) is 27.9. The smallest absolute Gasteiger partial charge is 0.338 e. The van der Waals surface area contributed by atoms with Gasteiger partial charge in [0.1, 0.15) is 49.4 Å². The Morgan fingerprint density at radius 2 is 0.631 bits per heavy atom. The van der Waals surface area contributed by atoms with Crippen LogP contribution in [0, 0.1) is 0 Å². The highest BCUT2D eigenvalue weighted by Crippen LogP contribution is 2.47. The number of carbonyl (C=O) groups is 4. The molecule has 0 bridgehead atoms. The largest absolute Gasteiger partial charge is 0.458 e. The van der Waals surface area contributed by atoms with Crippen molar-refractivity contribution >= 4 is 102 Å². The number of carbonyl (C=O) groups excluding carboxylic acids is 4. The third-order valence-corrected chi connectivity index (χ3v) is 16.9. The van der Waals surface area contributed by atoms with Crippen molar-refractivity contribution in [2.75, 3.05) is 0 Å². The van der Waals surface area contributed by atoms with Gasteiger partial charge in [-0.05, 0) is 147 Å². The Bertz CT molecular complexity index is 4460. The zero-order valence-corrected chi connectivity index (χ0v) is 44.9. The molecule has 0 amide bonds. The quantitative estimate of drug-likeness (QED) is 0.0505. The van der Waals surface area contributed by atoms with E-state index in [0.717, 1.165) is 110 Å². The van der Waals surface area contributed by atoms with E-state index in [-0.39, 0.29) is 39.9 Å². The zero-order chi connectivity index (χ0) is 56.2. The second-order valence-electron chi connectivity index (χ2n) is 21.8. The highest BCUT2D eigenvalue weighted by atomic mass is 16.5. The van der Waals surface area contributed by atoms with Crippen LogP contribution in [0.25, 0.3) is 54.6 Å². The minimum atomic E-state index is -0.503. The molecule has 4 aliphatic heterocycles. The highest BCUT2D eigenvalue weighted by Gasteiger charge is 2.44. The molecule has 12 heteroatoms. The van der Waals surface area contributed by atoms with E-state index in [2.05, 4.69) is 36.4 Å². The summed E-state index contributed by atoms with van der Waals surface area (Å²) in [7, 11) is 0. The van der Waals surface area contributed by atoms with Crippen molar-refractivity contribution in [3.63, 3.8) is 0 Å². The van der Waals surface area contributed by atoms with Crippen LogP contribution in [0.1, 0.15) is 63.7 Å². The fourth-order valence-corrected chi connectivity index (χ4v) is 13.1. The van der Waals surface area contributed by atoms with Gasteiger partial charge >= 0.3 is 23.9 Å². The lowest BCUT2D eigenvalue weighted by atomic mass is 9.32. The van der Waals surface area contributed by atoms with Crippen LogP contribution < -0.4 is 42.3 Å². The Morgan fingerprint density at radius 3 is 0.988 bits per heavy atom. The summed E-state index contributed by atoms with van der Waals surface area (Å²) < 4.78 is 37.3. The minimum absolute atomic E-state index is 0.0848. The normalized spacial score (nSPS) is 12.6. The average Bonchev–Trinajstić information content (AvgIpc) is 0.719. The number of rotatable bonds is 12. The summed E-state index contributed by atoms with van der Waals surface area (Å²) in [6, 6.07) is 69.8. The van der Waals surface area contributed by atoms with Crippen molar-refractivity contribution in [2.24, 2.45) is 0 Å². The molecule has 12 aromatic rings. The van der Waals surface area contributed by atoms with Crippen molar-refractivity contribution in [1.29, 1.82) is 0 Å². The molecular weight excluding hydrogens is 1050 g/mol. The summed E-state index contributed by atoms with van der Waals surface area (Å²) in [6.45, 7) is -0.362. The molecule has 0 saturated heterocycles. The molecule has 84 heavy (non-hydrogen) atoms. The second kappa shape index (κ2) is 19.5. The van der Waals surface area contributed by atoms with Gasteiger partial charge in [-0.2, -0.15) is 0 Å². The lowest BCUT2D eigenvalue weighted by molar-refractivity contribution is 0.0463. The molecule has 0 aliphatic carbocycles. The van der Waals surface area contributed by atoms with Crippen LogP contribution in [-0.4, -0.2) is 37.3 Å². The maximum absolute atomic E-state index is 14.3. The topological polar surface area (TPSA) is 124 Å². The van der Waals surface area contributed by atoms with Crippen molar-refractivity contribution in [3.05, 3.63) is 263 Å². The Kier molecular flexibility index (Phi) is 11.4. The molecule has 0 fully saturated rings. The summed E-state index contributed by atoms with van der Waals surface area (Å²) in [6.07, 6.45) is 0. The predicted octanol–water partition coefficient (Wildman–Crippen LogP) is 11.2. The van der Waals surface area contributed by atoms with Crippen molar-refractivity contribution < 1.29 is 47.6 Å². The average molecular weight is 1090 g/mol. The van der Waals surface area contributed by atoms with Crippen LogP contribution in [0.4, 0.5) is 0 Å². The van der Waals surface area contributed by atoms with Gasteiger partial charge in [-0.1, -0.05) is 181 Å². The molecular formula is C72H44B2O10. The molecule has 0 spiro atoms. The molecule has 0 aromatic heterocycles. The highest BCUT2D eigenvalue weighted by molar-refractivity contribution is 7.01. The van der Waals surface area contributed by atoms with Crippen LogP contribution in [-0.2, 0) is 45.4 Å². The Balaban J connectivity index is 0.875. The Morgan fingerprint density at radius 1 is 0.298 bits per heavy atom. The SMILES string of the molecule is O=C(OCc1ccccc1)c1ccc2c(c1)Oc1cc(C(=O)OCc3ccccc3)cc3c1B2c1cc2ccc4c5c(cc6ccc-3c1c6c25)B1c2ccc(C(=O)OCc3ccccc3)cc2Oc2cc(C(=O)OCc3ccccc3)cc-4c21. The molecule has 16 rings (SSSR count). The van der Waals surface area contributed by atoms with E-state index < -0.39 is 23.9 Å². The lowest BCUT2D eigenvalue weighted by Crippen LogP contribution is -2.58. The maximum Gasteiger partial charge on any atom is 0.338 e. The van der Waals surface area contributed by atoms with E-state index in [4.69, 9.17) is 28.4 Å². The molecule has 4 heterocycles. The Hall–Kier alpha value is -10.7. The van der Waals surface area contributed by atoms with Crippen molar-refractivity contribution in [2.45, 2.75) is 26.4 Å². The van der Waals surface area contributed by atoms with Gasteiger partial charge in [-0.25, -0.2) is 19.2 Å². The van der Waals surface area contributed by atoms with E-state index in [1.807, 2.05) is 146 Å². The van der Waals surface area contributed by atoms with Crippen LogP contribution in [0.15, 0.2) is 218 Å². The van der Waals surface area contributed by atoms with Crippen LogP contribution >= 0.6 is 0 Å². The standard InChI is InChI=1S/C72H44B2O10/c75-69(79-37-41-13-5-1-6-14-41)47-23-27-55-59(33-47)83-61-35-49(71(77)81-39-43-17-9-3-10-18-43)29-53-51-25-22-46-32-58-66-52(26-21-45-31-57(73(55)67(53)61)65(51)63(46)64(45)66)54-30-50(72(78)82-40-44-19-11-4-12-20-44)36-62-68(54)74(58)56-28-24-48(34-60(56)84-62)70(76)80-38-42-15-7-2-8-16-42/h1-36H,37-40H2. The molecule has 0 atom stereocenters. The monoisotopic (exact) mass is 1090 g/mol. The lowest BCUT2D eigenvalue weighted by Gasteiger charge is -2.36. The summed E-state index contributed by atoms with van der Waals surface area (Å²) >= 11 is 0. The molecule has 0 radical (unpaired) electrons. The zero-order valence-electron chi connectivity index (χ0n) is 44.9. The molecule has 0 saturated carbocycles. The first-order chi connectivity index (χ1) is 41.3. The van der Waals surface area contributed by atoms with Gasteiger partial charge in [-0.3, -0.25) is 0 Å². The number of ether oxygens (including phenoxy) is 6. The fourth-order valence-electron chi connectivity index (χ4n) is 13.1.